The lowest BCUT2D eigenvalue weighted by Crippen LogP contribution is -2.40. The maximum Gasteiger partial charge on any atom is 0.320 e. The number of carboxylic acids is 1. The van der Waals surface area contributed by atoms with Gasteiger partial charge >= 0.3 is 5.97 Å². The van der Waals surface area contributed by atoms with E-state index in [0.717, 1.165) is 0 Å². The summed E-state index contributed by atoms with van der Waals surface area (Å²) in [5, 5.41) is 13.7. The van der Waals surface area contributed by atoms with Gasteiger partial charge in [-0.3, -0.25) is 4.79 Å². The lowest BCUT2D eigenvalue weighted by Gasteiger charge is -2.19. The number of rotatable bonds is 9. The summed E-state index contributed by atoms with van der Waals surface area (Å²) < 4.78 is 11.2. The van der Waals surface area contributed by atoms with Crippen molar-refractivity contribution in [3.63, 3.8) is 0 Å². The SMILES string of the molecule is COc1cc(CNC(C(=O)O)C(C)C)c(Cl)cc1OCc1c(Cl)cccc1Cl. The first-order valence-electron chi connectivity index (χ1n) is 8.62. The molecular formula is C20H22Cl3NO4. The number of ether oxygens (including phenoxy) is 2. The van der Waals surface area contributed by atoms with Crippen LogP contribution in [0.4, 0.5) is 0 Å². The van der Waals surface area contributed by atoms with Crippen LogP contribution in [0.25, 0.3) is 0 Å². The van der Waals surface area contributed by atoms with Crippen LogP contribution in [-0.2, 0) is 17.9 Å². The molecule has 1 atom stereocenters. The highest BCUT2D eigenvalue weighted by atomic mass is 35.5. The Morgan fingerprint density at radius 3 is 2.29 bits per heavy atom. The third kappa shape index (κ3) is 5.67. The first-order valence-corrected chi connectivity index (χ1v) is 9.76. The second kappa shape index (κ2) is 10.2. The predicted molar refractivity (Wildman–Crippen MR) is 112 cm³/mol. The molecule has 1 unspecified atom stereocenters. The lowest BCUT2D eigenvalue weighted by molar-refractivity contribution is -0.140. The Bertz CT molecular complexity index is 822. The molecule has 2 aromatic rings. The van der Waals surface area contributed by atoms with E-state index in [4.69, 9.17) is 44.3 Å². The van der Waals surface area contributed by atoms with E-state index in [0.29, 0.717) is 37.7 Å². The van der Waals surface area contributed by atoms with E-state index in [1.807, 2.05) is 13.8 Å². The zero-order chi connectivity index (χ0) is 20.8. The van der Waals surface area contributed by atoms with Crippen LogP contribution in [-0.4, -0.2) is 24.2 Å². The Kier molecular flexibility index (Phi) is 8.25. The third-order valence-electron chi connectivity index (χ3n) is 4.21. The second-order valence-electron chi connectivity index (χ2n) is 6.52. The first kappa shape index (κ1) is 22.6. The van der Waals surface area contributed by atoms with Crippen LogP contribution < -0.4 is 14.8 Å². The molecule has 0 aliphatic rings. The molecule has 2 N–H and O–H groups in total. The van der Waals surface area contributed by atoms with E-state index < -0.39 is 12.0 Å². The number of benzene rings is 2. The molecule has 2 aromatic carbocycles. The zero-order valence-electron chi connectivity index (χ0n) is 15.8. The first-order chi connectivity index (χ1) is 13.2. The highest BCUT2D eigenvalue weighted by Crippen LogP contribution is 2.35. The number of nitrogens with one attached hydrogen (secondary N) is 1. The summed E-state index contributed by atoms with van der Waals surface area (Å²) >= 11 is 18.7. The van der Waals surface area contributed by atoms with Gasteiger partial charge in [-0.2, -0.15) is 0 Å². The normalized spacial score (nSPS) is 12.1. The minimum absolute atomic E-state index is 0.0684. The molecule has 152 valence electrons. The Morgan fingerprint density at radius 2 is 1.75 bits per heavy atom. The van der Waals surface area contributed by atoms with Crippen LogP contribution in [0.3, 0.4) is 0 Å². The molecule has 5 nitrogen and oxygen atoms in total. The minimum Gasteiger partial charge on any atom is -0.493 e. The average molecular weight is 447 g/mol. The van der Waals surface area contributed by atoms with Crippen LogP contribution in [0.1, 0.15) is 25.0 Å². The molecule has 0 aliphatic heterocycles. The van der Waals surface area contributed by atoms with E-state index in [1.165, 1.54) is 7.11 Å². The lowest BCUT2D eigenvalue weighted by atomic mass is 10.0. The van der Waals surface area contributed by atoms with Gasteiger partial charge in [-0.15, -0.1) is 0 Å². The van der Waals surface area contributed by atoms with Gasteiger partial charge in [0.05, 0.1) is 7.11 Å². The molecular weight excluding hydrogens is 425 g/mol. The highest BCUT2D eigenvalue weighted by Gasteiger charge is 2.21. The standard InChI is InChI=1S/C20H22Cl3NO4/c1-11(2)19(20(25)26)24-9-12-7-17(27-3)18(8-16(12)23)28-10-13-14(21)5-4-6-15(13)22/h4-8,11,19,24H,9-10H2,1-3H3,(H,25,26). The monoisotopic (exact) mass is 445 g/mol. The predicted octanol–water partition coefficient (Wildman–Crippen LogP) is 5.43. The maximum atomic E-state index is 11.3. The topological polar surface area (TPSA) is 67.8 Å². The quantitative estimate of drug-likeness (QED) is 0.537. The van der Waals surface area contributed by atoms with Crippen LogP contribution in [0.2, 0.25) is 15.1 Å². The van der Waals surface area contributed by atoms with Crippen molar-refractivity contribution in [2.24, 2.45) is 5.92 Å². The molecule has 0 aromatic heterocycles. The molecule has 8 heteroatoms. The van der Waals surface area contributed by atoms with Crippen molar-refractivity contribution in [2.45, 2.75) is 33.0 Å². The third-order valence-corrected chi connectivity index (χ3v) is 5.27. The Morgan fingerprint density at radius 1 is 1.11 bits per heavy atom. The zero-order valence-corrected chi connectivity index (χ0v) is 18.0. The molecule has 0 fully saturated rings. The summed E-state index contributed by atoms with van der Waals surface area (Å²) in [6.07, 6.45) is 0. The summed E-state index contributed by atoms with van der Waals surface area (Å²) in [6.45, 7) is 4.10. The highest BCUT2D eigenvalue weighted by molar-refractivity contribution is 6.36. The Hall–Kier alpha value is -1.66. The number of hydrogen-bond acceptors (Lipinski definition) is 4. The molecule has 0 spiro atoms. The van der Waals surface area contributed by atoms with Crippen LogP contribution in [0, 0.1) is 5.92 Å². The molecule has 0 heterocycles. The summed E-state index contributed by atoms with van der Waals surface area (Å²) in [6, 6.07) is 7.90. The van der Waals surface area contributed by atoms with Crippen molar-refractivity contribution in [1.29, 1.82) is 0 Å². The van der Waals surface area contributed by atoms with Crippen molar-refractivity contribution in [2.75, 3.05) is 7.11 Å². The van der Waals surface area contributed by atoms with E-state index in [2.05, 4.69) is 5.32 Å². The summed E-state index contributed by atoms with van der Waals surface area (Å²) in [7, 11) is 1.52. The van der Waals surface area contributed by atoms with E-state index >= 15 is 0 Å². The van der Waals surface area contributed by atoms with Crippen LogP contribution >= 0.6 is 34.8 Å². The van der Waals surface area contributed by atoms with Crippen molar-refractivity contribution in [1.82, 2.24) is 5.32 Å². The fourth-order valence-electron chi connectivity index (χ4n) is 2.63. The number of methoxy groups -OCH3 is 1. The fourth-order valence-corrected chi connectivity index (χ4v) is 3.36. The molecule has 0 amide bonds. The number of aliphatic carboxylic acids is 1. The fraction of sp³-hybridized carbons (Fsp3) is 0.350. The van der Waals surface area contributed by atoms with Crippen molar-refractivity contribution >= 4 is 40.8 Å². The molecule has 2 rings (SSSR count). The second-order valence-corrected chi connectivity index (χ2v) is 7.75. The van der Waals surface area contributed by atoms with Gasteiger partial charge < -0.3 is 19.9 Å². The van der Waals surface area contributed by atoms with Crippen LogP contribution in [0.15, 0.2) is 30.3 Å². The van der Waals surface area contributed by atoms with Crippen LogP contribution in [0.5, 0.6) is 11.5 Å². The van der Waals surface area contributed by atoms with E-state index in [9.17, 15) is 9.90 Å². The van der Waals surface area contributed by atoms with E-state index in [1.54, 1.807) is 30.3 Å². The number of carbonyl (C=O) groups is 1. The molecule has 0 saturated heterocycles. The van der Waals surface area contributed by atoms with Gasteiger partial charge in [0, 0.05) is 33.2 Å². The maximum absolute atomic E-state index is 11.3. The van der Waals surface area contributed by atoms with Gasteiger partial charge in [-0.1, -0.05) is 54.7 Å². The molecule has 0 aliphatic carbocycles. The van der Waals surface area contributed by atoms with Crippen molar-refractivity contribution in [3.05, 3.63) is 56.5 Å². The number of halogens is 3. The summed E-state index contributed by atoms with van der Waals surface area (Å²) in [5.41, 5.74) is 1.37. The molecule has 28 heavy (non-hydrogen) atoms. The van der Waals surface area contributed by atoms with Gasteiger partial charge in [-0.05, 0) is 29.7 Å². The van der Waals surface area contributed by atoms with Gasteiger partial charge in [-0.25, -0.2) is 0 Å². The average Bonchev–Trinajstić information content (AvgIpc) is 2.62. The molecule has 0 saturated carbocycles. The van der Waals surface area contributed by atoms with Gasteiger partial charge in [0.2, 0.25) is 0 Å². The van der Waals surface area contributed by atoms with Gasteiger partial charge in [0.25, 0.3) is 0 Å². The Balaban J connectivity index is 2.17. The smallest absolute Gasteiger partial charge is 0.320 e. The minimum atomic E-state index is -0.908. The largest absolute Gasteiger partial charge is 0.493 e. The Labute approximate surface area is 179 Å². The number of hydrogen-bond donors (Lipinski definition) is 2. The van der Waals surface area contributed by atoms with Gasteiger partial charge in [0.1, 0.15) is 12.6 Å². The molecule has 0 bridgehead atoms. The summed E-state index contributed by atoms with van der Waals surface area (Å²) in [4.78, 5) is 11.3. The van der Waals surface area contributed by atoms with Crippen molar-refractivity contribution < 1.29 is 19.4 Å². The number of carboxylic acid groups (broad SMARTS) is 1. The summed E-state index contributed by atoms with van der Waals surface area (Å²) in [5.74, 6) is -0.0671. The van der Waals surface area contributed by atoms with Crippen molar-refractivity contribution in [3.8, 4) is 11.5 Å². The van der Waals surface area contributed by atoms with E-state index in [-0.39, 0.29) is 19.1 Å². The van der Waals surface area contributed by atoms with Gasteiger partial charge in [0.15, 0.2) is 11.5 Å². The molecule has 0 radical (unpaired) electrons.